The lowest BCUT2D eigenvalue weighted by Crippen LogP contribution is -2.41. The molecule has 0 unspecified atom stereocenters. The molecule has 1 N–H and O–H groups in total. The van der Waals surface area contributed by atoms with Crippen LogP contribution < -0.4 is 5.32 Å². The summed E-state index contributed by atoms with van der Waals surface area (Å²) in [6, 6.07) is 5.21. The van der Waals surface area contributed by atoms with Crippen LogP contribution >= 0.6 is 0 Å². The Morgan fingerprint density at radius 2 is 1.84 bits per heavy atom. The van der Waals surface area contributed by atoms with Crippen LogP contribution in [0.15, 0.2) is 24.3 Å². The van der Waals surface area contributed by atoms with Gasteiger partial charge in [-0.2, -0.15) is 0 Å². The molecule has 1 aromatic carbocycles. The van der Waals surface area contributed by atoms with Gasteiger partial charge < -0.3 is 5.32 Å². The van der Waals surface area contributed by atoms with Crippen molar-refractivity contribution in [1.82, 2.24) is 10.2 Å². The zero-order chi connectivity index (χ0) is 14.2. The number of imide groups is 1. The van der Waals surface area contributed by atoms with Crippen molar-refractivity contribution >= 4 is 11.9 Å². The van der Waals surface area contributed by atoms with Crippen LogP contribution in [0.4, 0.5) is 9.18 Å². The molecule has 1 aliphatic heterocycles. The zero-order valence-electron chi connectivity index (χ0n) is 11.2. The van der Waals surface area contributed by atoms with Gasteiger partial charge in [-0.3, -0.25) is 9.69 Å². The predicted molar refractivity (Wildman–Crippen MR) is 68.8 cm³/mol. The summed E-state index contributed by atoms with van der Waals surface area (Å²) in [4.78, 5) is 25.5. The molecule has 1 aromatic rings. The number of halogens is 1. The third kappa shape index (κ3) is 2.32. The third-order valence-electron chi connectivity index (χ3n) is 3.24. The summed E-state index contributed by atoms with van der Waals surface area (Å²) in [6.07, 6.45) is 0. The first-order valence-electron chi connectivity index (χ1n) is 6.24. The maximum absolute atomic E-state index is 12.9. The topological polar surface area (TPSA) is 49.4 Å². The van der Waals surface area contributed by atoms with E-state index in [4.69, 9.17) is 0 Å². The van der Waals surface area contributed by atoms with Crippen LogP contribution in [0, 0.1) is 11.7 Å². The van der Waals surface area contributed by atoms with Crippen molar-refractivity contribution in [3.05, 3.63) is 35.6 Å². The summed E-state index contributed by atoms with van der Waals surface area (Å²) in [6.45, 7) is 5.89. The number of amides is 3. The standard InChI is InChI=1S/C14H17FN2O2/c1-9(2)8-17-12(18)14(3,16-13(17)19)10-4-6-11(15)7-5-10/h4-7,9H,8H2,1-3H3,(H,16,19)/t14-/m0/s1. The van der Waals surface area contributed by atoms with Crippen molar-refractivity contribution in [1.29, 1.82) is 0 Å². The molecule has 0 aliphatic carbocycles. The maximum Gasteiger partial charge on any atom is 0.325 e. The number of benzene rings is 1. The van der Waals surface area contributed by atoms with E-state index in [1.165, 1.54) is 29.2 Å². The number of nitrogens with one attached hydrogen (secondary N) is 1. The highest BCUT2D eigenvalue weighted by atomic mass is 19.1. The maximum atomic E-state index is 12.9. The molecule has 0 spiro atoms. The van der Waals surface area contributed by atoms with Gasteiger partial charge in [0.1, 0.15) is 11.4 Å². The van der Waals surface area contributed by atoms with E-state index >= 15 is 0 Å². The fraction of sp³-hybridized carbons (Fsp3) is 0.429. The van der Waals surface area contributed by atoms with E-state index in [1.54, 1.807) is 6.92 Å². The van der Waals surface area contributed by atoms with Crippen molar-refractivity contribution < 1.29 is 14.0 Å². The molecular weight excluding hydrogens is 247 g/mol. The third-order valence-corrected chi connectivity index (χ3v) is 3.24. The van der Waals surface area contributed by atoms with Crippen LogP contribution in [0.3, 0.4) is 0 Å². The molecule has 1 saturated heterocycles. The Balaban J connectivity index is 2.32. The molecule has 4 nitrogen and oxygen atoms in total. The van der Waals surface area contributed by atoms with E-state index in [0.29, 0.717) is 12.1 Å². The smallest absolute Gasteiger partial charge is 0.319 e. The van der Waals surface area contributed by atoms with E-state index in [-0.39, 0.29) is 17.6 Å². The van der Waals surface area contributed by atoms with Gasteiger partial charge in [0.05, 0.1) is 0 Å². The molecule has 1 heterocycles. The second-order valence-electron chi connectivity index (χ2n) is 5.37. The summed E-state index contributed by atoms with van der Waals surface area (Å²) < 4.78 is 12.9. The normalized spacial score (nSPS) is 23.1. The Hall–Kier alpha value is -1.91. The zero-order valence-corrected chi connectivity index (χ0v) is 11.2. The molecule has 2 rings (SSSR count). The van der Waals surface area contributed by atoms with Gasteiger partial charge in [0.2, 0.25) is 0 Å². The summed E-state index contributed by atoms with van der Waals surface area (Å²) in [5.74, 6) is -0.466. The molecule has 0 aromatic heterocycles. The monoisotopic (exact) mass is 264 g/mol. The highest BCUT2D eigenvalue weighted by Gasteiger charge is 2.48. The highest BCUT2D eigenvalue weighted by Crippen LogP contribution is 2.29. The minimum absolute atomic E-state index is 0.199. The van der Waals surface area contributed by atoms with Crippen LogP contribution in [0.2, 0.25) is 0 Å². The van der Waals surface area contributed by atoms with E-state index in [2.05, 4.69) is 5.32 Å². The molecule has 0 saturated carbocycles. The number of carbonyl (C=O) groups excluding carboxylic acids is 2. The van der Waals surface area contributed by atoms with Crippen LogP contribution in [0.1, 0.15) is 26.3 Å². The number of urea groups is 1. The summed E-state index contributed by atoms with van der Waals surface area (Å²) >= 11 is 0. The number of rotatable bonds is 3. The molecule has 0 radical (unpaired) electrons. The van der Waals surface area contributed by atoms with Crippen molar-refractivity contribution in [2.75, 3.05) is 6.54 Å². The largest absolute Gasteiger partial charge is 0.325 e. The first-order chi connectivity index (χ1) is 8.84. The van der Waals surface area contributed by atoms with Crippen molar-refractivity contribution in [2.45, 2.75) is 26.3 Å². The quantitative estimate of drug-likeness (QED) is 0.851. The lowest BCUT2D eigenvalue weighted by molar-refractivity contribution is -0.131. The molecule has 1 fully saturated rings. The van der Waals surface area contributed by atoms with Crippen LogP contribution in [-0.2, 0) is 10.3 Å². The molecule has 102 valence electrons. The highest BCUT2D eigenvalue weighted by molar-refractivity contribution is 6.07. The Morgan fingerprint density at radius 1 is 1.26 bits per heavy atom. The van der Waals surface area contributed by atoms with Crippen molar-refractivity contribution in [3.8, 4) is 0 Å². The average molecular weight is 264 g/mol. The van der Waals surface area contributed by atoms with E-state index in [1.807, 2.05) is 13.8 Å². The van der Waals surface area contributed by atoms with Crippen LogP contribution in [0.25, 0.3) is 0 Å². The fourth-order valence-electron chi connectivity index (χ4n) is 2.21. The van der Waals surface area contributed by atoms with E-state index in [9.17, 15) is 14.0 Å². The van der Waals surface area contributed by atoms with Gasteiger partial charge in [-0.1, -0.05) is 26.0 Å². The SMILES string of the molecule is CC(C)CN1C(=O)N[C@@](C)(c2ccc(F)cc2)C1=O. The fourth-order valence-corrected chi connectivity index (χ4v) is 2.21. The van der Waals surface area contributed by atoms with Gasteiger partial charge in [0.25, 0.3) is 5.91 Å². The minimum Gasteiger partial charge on any atom is -0.319 e. The van der Waals surface area contributed by atoms with Crippen molar-refractivity contribution in [3.63, 3.8) is 0 Å². The van der Waals surface area contributed by atoms with Gasteiger partial charge in [-0.15, -0.1) is 0 Å². The summed E-state index contributed by atoms with van der Waals surface area (Å²) in [5, 5.41) is 2.69. The molecule has 19 heavy (non-hydrogen) atoms. The Morgan fingerprint density at radius 3 is 2.37 bits per heavy atom. The van der Waals surface area contributed by atoms with E-state index in [0.717, 1.165) is 0 Å². The molecular formula is C14H17FN2O2. The van der Waals surface area contributed by atoms with Crippen molar-refractivity contribution in [2.24, 2.45) is 5.92 Å². The molecule has 5 heteroatoms. The summed E-state index contributed by atoms with van der Waals surface area (Å²) in [5.41, 5.74) is -0.529. The lowest BCUT2D eigenvalue weighted by Gasteiger charge is -2.22. The number of nitrogens with zero attached hydrogens (tertiary/aromatic N) is 1. The van der Waals surface area contributed by atoms with Gasteiger partial charge in [-0.25, -0.2) is 9.18 Å². The Kier molecular flexibility index (Phi) is 3.30. The van der Waals surface area contributed by atoms with Crippen LogP contribution in [0.5, 0.6) is 0 Å². The van der Waals surface area contributed by atoms with Crippen LogP contribution in [-0.4, -0.2) is 23.4 Å². The predicted octanol–water partition coefficient (Wildman–Crippen LogP) is 2.25. The van der Waals surface area contributed by atoms with Gasteiger partial charge in [0.15, 0.2) is 0 Å². The van der Waals surface area contributed by atoms with Gasteiger partial charge in [-0.05, 0) is 30.5 Å². The summed E-state index contributed by atoms with van der Waals surface area (Å²) in [7, 11) is 0. The van der Waals surface area contributed by atoms with Gasteiger partial charge in [0, 0.05) is 6.54 Å². The molecule has 3 amide bonds. The molecule has 1 atom stereocenters. The second kappa shape index (κ2) is 4.64. The Bertz CT molecular complexity index is 513. The minimum atomic E-state index is -1.11. The van der Waals surface area contributed by atoms with Gasteiger partial charge >= 0.3 is 6.03 Å². The number of carbonyl (C=O) groups is 2. The number of hydrogen-bond donors (Lipinski definition) is 1. The molecule has 1 aliphatic rings. The lowest BCUT2D eigenvalue weighted by atomic mass is 9.92. The first-order valence-corrected chi connectivity index (χ1v) is 6.24. The average Bonchev–Trinajstić information content (AvgIpc) is 2.54. The van der Waals surface area contributed by atoms with E-state index < -0.39 is 11.6 Å². The second-order valence-corrected chi connectivity index (χ2v) is 5.37. The molecule has 0 bridgehead atoms. The Labute approximate surface area is 111 Å². The first kappa shape index (κ1) is 13.5. The number of hydrogen-bond acceptors (Lipinski definition) is 2.